The van der Waals surface area contributed by atoms with E-state index in [0.717, 1.165) is 11.5 Å². The Kier molecular flexibility index (Phi) is 5.22. The SMILES string of the molecule is Cc1nccn1CCNC(=O)C1CSc2nc(C(C)(C)C)cc(=O)n2C1. The van der Waals surface area contributed by atoms with Crippen molar-refractivity contribution < 1.29 is 4.79 Å². The van der Waals surface area contributed by atoms with Crippen molar-refractivity contribution in [2.75, 3.05) is 12.3 Å². The Morgan fingerprint density at radius 3 is 2.85 bits per heavy atom. The van der Waals surface area contributed by atoms with E-state index in [-0.39, 0.29) is 22.8 Å². The minimum atomic E-state index is -0.226. The summed E-state index contributed by atoms with van der Waals surface area (Å²) >= 11 is 1.48. The average molecular weight is 375 g/mol. The first-order valence-electron chi connectivity index (χ1n) is 8.76. The lowest BCUT2D eigenvalue weighted by Crippen LogP contribution is -2.41. The van der Waals surface area contributed by atoms with Gasteiger partial charge in [0.1, 0.15) is 5.82 Å². The molecular formula is C18H25N5O2S. The normalized spacial score (nSPS) is 17.0. The van der Waals surface area contributed by atoms with Gasteiger partial charge in [-0.3, -0.25) is 14.2 Å². The zero-order valence-corrected chi connectivity index (χ0v) is 16.5. The molecule has 0 aliphatic carbocycles. The summed E-state index contributed by atoms with van der Waals surface area (Å²) in [5.74, 6) is 1.31. The molecule has 3 heterocycles. The number of amides is 1. The molecule has 8 heteroatoms. The van der Waals surface area contributed by atoms with E-state index in [2.05, 4.69) is 15.3 Å². The lowest BCUT2D eigenvalue weighted by Gasteiger charge is -2.26. The molecule has 3 rings (SSSR count). The van der Waals surface area contributed by atoms with E-state index in [4.69, 9.17) is 0 Å². The Bertz CT molecular complexity index is 865. The highest BCUT2D eigenvalue weighted by Gasteiger charge is 2.28. The minimum absolute atomic E-state index is 0.0206. The van der Waals surface area contributed by atoms with Gasteiger partial charge in [0.2, 0.25) is 5.91 Å². The number of thioether (sulfide) groups is 1. The van der Waals surface area contributed by atoms with Gasteiger partial charge >= 0.3 is 0 Å². The first-order chi connectivity index (χ1) is 12.3. The Morgan fingerprint density at radius 1 is 1.42 bits per heavy atom. The van der Waals surface area contributed by atoms with Crippen molar-refractivity contribution in [2.24, 2.45) is 5.92 Å². The molecule has 1 aliphatic heterocycles. The van der Waals surface area contributed by atoms with Crippen LogP contribution in [-0.4, -0.2) is 37.3 Å². The Hall–Kier alpha value is -2.09. The van der Waals surface area contributed by atoms with Gasteiger partial charge in [0.25, 0.3) is 5.56 Å². The van der Waals surface area contributed by atoms with Crippen LogP contribution in [-0.2, 0) is 23.3 Å². The van der Waals surface area contributed by atoms with Gasteiger partial charge < -0.3 is 9.88 Å². The summed E-state index contributed by atoms with van der Waals surface area (Å²) in [5, 5.41) is 3.68. The maximum absolute atomic E-state index is 12.5. The van der Waals surface area contributed by atoms with Crippen molar-refractivity contribution in [1.82, 2.24) is 24.4 Å². The maximum Gasteiger partial charge on any atom is 0.254 e. The summed E-state index contributed by atoms with van der Waals surface area (Å²) in [7, 11) is 0. The fraction of sp³-hybridized carbons (Fsp3) is 0.556. The summed E-state index contributed by atoms with van der Waals surface area (Å²) in [6, 6.07) is 1.59. The number of rotatable bonds is 4. The summed E-state index contributed by atoms with van der Waals surface area (Å²) in [6.45, 7) is 9.66. The van der Waals surface area contributed by atoms with Gasteiger partial charge in [-0.1, -0.05) is 32.5 Å². The van der Waals surface area contributed by atoms with Crippen LogP contribution in [0.15, 0.2) is 28.4 Å². The zero-order valence-electron chi connectivity index (χ0n) is 15.7. The van der Waals surface area contributed by atoms with Crippen LogP contribution in [0.3, 0.4) is 0 Å². The number of aromatic nitrogens is 4. The highest BCUT2D eigenvalue weighted by Crippen LogP contribution is 2.27. The molecule has 0 saturated carbocycles. The summed E-state index contributed by atoms with van der Waals surface area (Å²) in [6.07, 6.45) is 3.64. The molecule has 2 aromatic heterocycles. The summed E-state index contributed by atoms with van der Waals surface area (Å²) in [5.41, 5.74) is 0.536. The second-order valence-electron chi connectivity index (χ2n) is 7.59. The molecule has 7 nitrogen and oxygen atoms in total. The number of nitrogens with one attached hydrogen (secondary N) is 1. The van der Waals surface area contributed by atoms with Gasteiger partial charge in [-0.15, -0.1) is 0 Å². The molecule has 1 aliphatic rings. The van der Waals surface area contributed by atoms with Gasteiger partial charge in [-0.05, 0) is 6.92 Å². The van der Waals surface area contributed by atoms with E-state index in [9.17, 15) is 9.59 Å². The molecule has 0 aromatic carbocycles. The van der Waals surface area contributed by atoms with Gasteiger partial charge in [-0.2, -0.15) is 0 Å². The van der Waals surface area contributed by atoms with E-state index in [1.807, 2.05) is 38.5 Å². The van der Waals surface area contributed by atoms with Crippen LogP contribution in [0.1, 0.15) is 32.3 Å². The van der Waals surface area contributed by atoms with Crippen molar-refractivity contribution >= 4 is 17.7 Å². The molecule has 26 heavy (non-hydrogen) atoms. The molecule has 0 bridgehead atoms. The van der Waals surface area contributed by atoms with Crippen LogP contribution >= 0.6 is 11.8 Å². The second-order valence-corrected chi connectivity index (χ2v) is 8.58. The maximum atomic E-state index is 12.5. The molecule has 1 atom stereocenters. The summed E-state index contributed by atoms with van der Waals surface area (Å²) < 4.78 is 3.61. The number of aryl methyl sites for hydroxylation is 1. The van der Waals surface area contributed by atoms with E-state index in [1.54, 1.807) is 16.8 Å². The topological polar surface area (TPSA) is 81.8 Å². The lowest BCUT2D eigenvalue weighted by molar-refractivity contribution is -0.124. The van der Waals surface area contributed by atoms with Crippen LogP contribution in [0, 0.1) is 12.8 Å². The zero-order chi connectivity index (χ0) is 18.9. The molecule has 1 N–H and O–H groups in total. The van der Waals surface area contributed by atoms with Gasteiger partial charge in [0.15, 0.2) is 5.16 Å². The van der Waals surface area contributed by atoms with Crippen molar-refractivity contribution in [3.05, 3.63) is 40.3 Å². The largest absolute Gasteiger partial charge is 0.354 e. The molecule has 0 spiro atoms. The number of imidazole rings is 1. The molecule has 1 unspecified atom stereocenters. The highest BCUT2D eigenvalue weighted by molar-refractivity contribution is 7.99. The van der Waals surface area contributed by atoms with Crippen LogP contribution < -0.4 is 10.9 Å². The number of hydrogen-bond donors (Lipinski definition) is 1. The lowest BCUT2D eigenvalue weighted by atomic mass is 9.92. The number of carbonyl (C=O) groups excluding carboxylic acids is 1. The van der Waals surface area contributed by atoms with Crippen molar-refractivity contribution in [2.45, 2.75) is 51.4 Å². The monoisotopic (exact) mass is 375 g/mol. The number of hydrogen-bond acceptors (Lipinski definition) is 5. The molecule has 0 saturated heterocycles. The quantitative estimate of drug-likeness (QED) is 0.821. The molecule has 0 fully saturated rings. The standard InChI is InChI=1S/C18H25N5O2S/c1-12-19-5-7-22(12)8-6-20-16(25)13-10-23-15(24)9-14(18(2,3)4)21-17(23)26-11-13/h5,7,9,13H,6,8,10-11H2,1-4H3,(H,20,25). The minimum Gasteiger partial charge on any atom is -0.354 e. The molecule has 140 valence electrons. The molecule has 0 radical (unpaired) electrons. The smallest absolute Gasteiger partial charge is 0.254 e. The second kappa shape index (κ2) is 7.26. The Balaban J connectivity index is 1.63. The van der Waals surface area contributed by atoms with Crippen LogP contribution in [0.25, 0.3) is 0 Å². The van der Waals surface area contributed by atoms with E-state index < -0.39 is 0 Å². The van der Waals surface area contributed by atoms with Crippen molar-refractivity contribution in [3.63, 3.8) is 0 Å². The van der Waals surface area contributed by atoms with Crippen LogP contribution in [0.2, 0.25) is 0 Å². The van der Waals surface area contributed by atoms with Gasteiger partial charge in [0.05, 0.1) is 11.6 Å². The van der Waals surface area contributed by atoms with Gasteiger partial charge in [0, 0.05) is 49.3 Å². The van der Waals surface area contributed by atoms with E-state index >= 15 is 0 Å². The third-order valence-electron chi connectivity index (χ3n) is 4.50. The third kappa shape index (κ3) is 4.00. The molecular weight excluding hydrogens is 350 g/mol. The predicted octanol–water partition coefficient (Wildman–Crippen LogP) is 1.58. The Labute approximate surface area is 157 Å². The highest BCUT2D eigenvalue weighted by atomic mass is 32.2. The summed E-state index contributed by atoms with van der Waals surface area (Å²) in [4.78, 5) is 33.7. The number of nitrogens with zero attached hydrogens (tertiary/aromatic N) is 4. The predicted molar refractivity (Wildman–Crippen MR) is 101 cm³/mol. The van der Waals surface area contributed by atoms with E-state index in [1.165, 1.54) is 11.8 Å². The van der Waals surface area contributed by atoms with Crippen LogP contribution in [0.5, 0.6) is 0 Å². The first kappa shape index (κ1) is 18.7. The average Bonchev–Trinajstić information content (AvgIpc) is 2.98. The van der Waals surface area contributed by atoms with Gasteiger partial charge in [-0.25, -0.2) is 9.97 Å². The van der Waals surface area contributed by atoms with E-state index in [0.29, 0.717) is 30.5 Å². The molecule has 1 amide bonds. The molecule has 2 aromatic rings. The van der Waals surface area contributed by atoms with Crippen molar-refractivity contribution in [1.29, 1.82) is 0 Å². The van der Waals surface area contributed by atoms with Crippen molar-refractivity contribution in [3.8, 4) is 0 Å². The first-order valence-corrected chi connectivity index (χ1v) is 9.75. The van der Waals surface area contributed by atoms with Crippen LogP contribution in [0.4, 0.5) is 0 Å². The third-order valence-corrected chi connectivity index (χ3v) is 5.64. The number of carbonyl (C=O) groups is 1. The fourth-order valence-electron chi connectivity index (χ4n) is 2.84. The fourth-order valence-corrected chi connectivity index (χ4v) is 3.93. The Morgan fingerprint density at radius 2 is 2.19 bits per heavy atom. The number of fused-ring (bicyclic) bond motifs is 1.